The van der Waals surface area contributed by atoms with Crippen molar-refractivity contribution in [2.24, 2.45) is 0 Å². The zero-order valence-electron chi connectivity index (χ0n) is 9.37. The van der Waals surface area contributed by atoms with Crippen LogP contribution in [-0.4, -0.2) is 16.1 Å². The van der Waals surface area contributed by atoms with Crippen LogP contribution in [0.4, 0.5) is 8.78 Å². The standard InChI is InChI=1S/C12H10F2N2O/c1-7-10(6-17)8(2)16(15-7)12-4-3-9(13)5-11(12)14/h3-6H,1-2H3. The molecule has 88 valence electrons. The Morgan fingerprint density at radius 1 is 1.29 bits per heavy atom. The number of hydrogen-bond donors (Lipinski definition) is 0. The second-order valence-corrected chi connectivity index (χ2v) is 3.71. The van der Waals surface area contributed by atoms with Gasteiger partial charge in [-0.2, -0.15) is 5.10 Å². The fourth-order valence-electron chi connectivity index (χ4n) is 1.71. The third-order valence-electron chi connectivity index (χ3n) is 2.60. The van der Waals surface area contributed by atoms with Crippen LogP contribution in [0.25, 0.3) is 5.69 Å². The van der Waals surface area contributed by atoms with Crippen LogP contribution >= 0.6 is 0 Å². The Balaban J connectivity index is 2.65. The normalized spacial score (nSPS) is 10.6. The Labute approximate surface area is 96.7 Å². The van der Waals surface area contributed by atoms with Crippen LogP contribution in [-0.2, 0) is 0 Å². The fourth-order valence-corrected chi connectivity index (χ4v) is 1.71. The average Bonchev–Trinajstić information content (AvgIpc) is 2.54. The third kappa shape index (κ3) is 1.84. The maximum Gasteiger partial charge on any atom is 0.153 e. The summed E-state index contributed by atoms with van der Waals surface area (Å²) in [5.74, 6) is -1.36. The molecular weight excluding hydrogens is 226 g/mol. The molecule has 0 amide bonds. The molecule has 0 radical (unpaired) electrons. The molecule has 0 aliphatic carbocycles. The van der Waals surface area contributed by atoms with Crippen LogP contribution in [0.1, 0.15) is 21.7 Å². The van der Waals surface area contributed by atoms with Gasteiger partial charge in [0.2, 0.25) is 0 Å². The Hall–Kier alpha value is -2.04. The first-order valence-corrected chi connectivity index (χ1v) is 5.01. The zero-order valence-corrected chi connectivity index (χ0v) is 9.37. The van der Waals surface area contributed by atoms with Gasteiger partial charge in [0.25, 0.3) is 0 Å². The maximum atomic E-state index is 13.6. The molecule has 17 heavy (non-hydrogen) atoms. The molecule has 0 saturated heterocycles. The minimum Gasteiger partial charge on any atom is -0.298 e. The van der Waals surface area contributed by atoms with Gasteiger partial charge in [0.05, 0.1) is 17.0 Å². The van der Waals surface area contributed by atoms with Crippen molar-refractivity contribution in [3.8, 4) is 5.69 Å². The smallest absolute Gasteiger partial charge is 0.153 e. The SMILES string of the molecule is Cc1nn(-c2ccc(F)cc2F)c(C)c1C=O. The van der Waals surface area contributed by atoms with Crippen molar-refractivity contribution >= 4 is 6.29 Å². The van der Waals surface area contributed by atoms with Crippen molar-refractivity contribution in [1.29, 1.82) is 0 Å². The molecule has 0 aliphatic heterocycles. The number of aromatic nitrogens is 2. The molecule has 0 bridgehead atoms. The van der Waals surface area contributed by atoms with Crippen LogP contribution in [0.5, 0.6) is 0 Å². The minimum atomic E-state index is -0.715. The molecule has 0 fully saturated rings. The lowest BCUT2D eigenvalue weighted by molar-refractivity contribution is 0.112. The zero-order chi connectivity index (χ0) is 12.6. The number of hydrogen-bond acceptors (Lipinski definition) is 2. The van der Waals surface area contributed by atoms with Gasteiger partial charge in [0.1, 0.15) is 11.5 Å². The van der Waals surface area contributed by atoms with Crippen molar-refractivity contribution in [1.82, 2.24) is 9.78 Å². The molecule has 0 N–H and O–H groups in total. The van der Waals surface area contributed by atoms with E-state index in [1.165, 1.54) is 10.7 Å². The number of rotatable bonds is 2. The summed E-state index contributed by atoms with van der Waals surface area (Å²) in [6, 6.07) is 3.22. The second-order valence-electron chi connectivity index (χ2n) is 3.71. The van der Waals surface area contributed by atoms with E-state index in [1.54, 1.807) is 13.8 Å². The molecule has 3 nitrogen and oxygen atoms in total. The monoisotopic (exact) mass is 236 g/mol. The molecule has 0 aliphatic rings. The van der Waals surface area contributed by atoms with Gasteiger partial charge in [-0.15, -0.1) is 0 Å². The Bertz CT molecular complexity index is 590. The molecule has 2 aromatic rings. The number of aldehydes is 1. The van der Waals surface area contributed by atoms with Crippen LogP contribution in [0, 0.1) is 25.5 Å². The number of nitrogens with zero attached hydrogens (tertiary/aromatic N) is 2. The molecule has 2 rings (SSSR count). The van der Waals surface area contributed by atoms with E-state index in [-0.39, 0.29) is 5.69 Å². The van der Waals surface area contributed by atoms with Gasteiger partial charge in [0, 0.05) is 6.07 Å². The minimum absolute atomic E-state index is 0.125. The van der Waals surface area contributed by atoms with E-state index in [9.17, 15) is 13.6 Å². The average molecular weight is 236 g/mol. The van der Waals surface area contributed by atoms with Gasteiger partial charge in [-0.05, 0) is 26.0 Å². The quantitative estimate of drug-likeness (QED) is 0.751. The van der Waals surface area contributed by atoms with E-state index in [0.717, 1.165) is 12.1 Å². The summed E-state index contributed by atoms with van der Waals surface area (Å²) in [5.41, 5.74) is 1.60. The third-order valence-corrected chi connectivity index (χ3v) is 2.60. The highest BCUT2D eigenvalue weighted by molar-refractivity contribution is 5.78. The number of carbonyl (C=O) groups is 1. The van der Waals surface area contributed by atoms with Gasteiger partial charge in [-0.25, -0.2) is 13.5 Å². The summed E-state index contributed by atoms with van der Waals surface area (Å²) in [6.45, 7) is 3.32. The highest BCUT2D eigenvalue weighted by Crippen LogP contribution is 2.19. The van der Waals surface area contributed by atoms with E-state index < -0.39 is 11.6 Å². The molecule has 0 spiro atoms. The predicted molar refractivity (Wildman–Crippen MR) is 58.3 cm³/mol. The summed E-state index contributed by atoms with van der Waals surface area (Å²) in [5, 5.41) is 4.06. The summed E-state index contributed by atoms with van der Waals surface area (Å²) in [4.78, 5) is 10.8. The van der Waals surface area contributed by atoms with E-state index in [0.29, 0.717) is 23.2 Å². The second kappa shape index (κ2) is 4.08. The Morgan fingerprint density at radius 3 is 2.53 bits per heavy atom. The summed E-state index contributed by atoms with van der Waals surface area (Å²) in [6.07, 6.45) is 0.676. The van der Waals surface area contributed by atoms with E-state index in [1.807, 2.05) is 0 Å². The molecular formula is C12H10F2N2O. The van der Waals surface area contributed by atoms with Crippen LogP contribution in [0.15, 0.2) is 18.2 Å². The number of carbonyl (C=O) groups excluding carboxylic acids is 1. The van der Waals surface area contributed by atoms with E-state index in [4.69, 9.17) is 0 Å². The van der Waals surface area contributed by atoms with Crippen molar-refractivity contribution in [2.75, 3.05) is 0 Å². The predicted octanol–water partition coefficient (Wildman–Crippen LogP) is 2.58. The largest absolute Gasteiger partial charge is 0.298 e. The van der Waals surface area contributed by atoms with Crippen molar-refractivity contribution in [3.63, 3.8) is 0 Å². The first-order valence-electron chi connectivity index (χ1n) is 5.01. The molecule has 1 heterocycles. The first-order chi connectivity index (χ1) is 8.04. The van der Waals surface area contributed by atoms with Gasteiger partial charge < -0.3 is 0 Å². The van der Waals surface area contributed by atoms with Crippen molar-refractivity contribution < 1.29 is 13.6 Å². The lowest BCUT2D eigenvalue weighted by Crippen LogP contribution is -2.02. The summed E-state index contributed by atoms with van der Waals surface area (Å²) in [7, 11) is 0. The maximum absolute atomic E-state index is 13.6. The highest BCUT2D eigenvalue weighted by atomic mass is 19.1. The number of aryl methyl sites for hydroxylation is 1. The molecule has 1 aromatic carbocycles. The van der Waals surface area contributed by atoms with E-state index in [2.05, 4.69) is 5.10 Å². The first kappa shape index (κ1) is 11.4. The highest BCUT2D eigenvalue weighted by Gasteiger charge is 2.14. The van der Waals surface area contributed by atoms with Crippen LogP contribution in [0.2, 0.25) is 0 Å². The lowest BCUT2D eigenvalue weighted by Gasteiger charge is -2.05. The van der Waals surface area contributed by atoms with Gasteiger partial charge >= 0.3 is 0 Å². The van der Waals surface area contributed by atoms with Crippen LogP contribution in [0.3, 0.4) is 0 Å². The van der Waals surface area contributed by atoms with Crippen molar-refractivity contribution in [2.45, 2.75) is 13.8 Å². The van der Waals surface area contributed by atoms with Crippen LogP contribution < -0.4 is 0 Å². The summed E-state index contributed by atoms with van der Waals surface area (Å²) >= 11 is 0. The molecule has 0 atom stereocenters. The van der Waals surface area contributed by atoms with Gasteiger partial charge in [-0.1, -0.05) is 0 Å². The number of halogens is 2. The van der Waals surface area contributed by atoms with Gasteiger partial charge in [-0.3, -0.25) is 4.79 Å². The Kier molecular flexibility index (Phi) is 2.75. The topological polar surface area (TPSA) is 34.9 Å². The van der Waals surface area contributed by atoms with Gasteiger partial charge in [0.15, 0.2) is 12.1 Å². The molecule has 0 unspecified atom stereocenters. The molecule has 0 saturated carbocycles. The lowest BCUT2D eigenvalue weighted by atomic mass is 10.2. The fraction of sp³-hybridized carbons (Fsp3) is 0.167. The molecule has 5 heteroatoms. The summed E-state index contributed by atoms with van der Waals surface area (Å²) < 4.78 is 27.7. The molecule has 1 aromatic heterocycles. The van der Waals surface area contributed by atoms with Crippen molar-refractivity contribution in [3.05, 3.63) is 46.8 Å². The Morgan fingerprint density at radius 2 is 2.00 bits per heavy atom. The van der Waals surface area contributed by atoms with E-state index >= 15 is 0 Å². The number of benzene rings is 1.